The van der Waals surface area contributed by atoms with Crippen LogP contribution < -0.4 is 4.74 Å². The predicted octanol–water partition coefficient (Wildman–Crippen LogP) is 4.94. The minimum absolute atomic E-state index is 0.0100. The molecule has 0 unspecified atom stereocenters. The van der Waals surface area contributed by atoms with Crippen LogP contribution in [-0.4, -0.2) is 18.1 Å². The second kappa shape index (κ2) is 8.87. The maximum atomic E-state index is 11.7. The Morgan fingerprint density at radius 3 is 2.28 bits per heavy atom. The Morgan fingerprint density at radius 2 is 1.64 bits per heavy atom. The fraction of sp³-hybridized carbons (Fsp3) is 0.368. The van der Waals surface area contributed by atoms with E-state index in [-0.39, 0.29) is 16.4 Å². The van der Waals surface area contributed by atoms with Gasteiger partial charge in [0.05, 0.1) is 0 Å². The molecule has 0 atom stereocenters. The van der Waals surface area contributed by atoms with Gasteiger partial charge < -0.3 is 9.84 Å². The summed E-state index contributed by atoms with van der Waals surface area (Å²) in [6, 6.07) is 11.1. The van der Waals surface area contributed by atoms with E-state index in [0.717, 1.165) is 38.2 Å². The average Bonchev–Trinajstić information content (AvgIpc) is 2.56. The fourth-order valence-electron chi connectivity index (χ4n) is 2.66. The number of hydrogen-bond donors (Lipinski definition) is 2. The molecule has 2 aromatic rings. The monoisotopic (exact) mass is 364 g/mol. The van der Waals surface area contributed by atoms with Gasteiger partial charge in [0.25, 0.3) is 10.1 Å². The number of unbranched alkanes of at least 4 members (excludes halogenated alkanes) is 4. The number of rotatable bonds is 9. The topological polar surface area (TPSA) is 83.8 Å². The molecule has 25 heavy (non-hydrogen) atoms. The molecule has 0 fully saturated rings. The van der Waals surface area contributed by atoms with Crippen molar-refractivity contribution in [3.05, 3.63) is 48.0 Å². The molecule has 2 N–H and O–H groups in total. The molecule has 5 nitrogen and oxygen atoms in total. The van der Waals surface area contributed by atoms with E-state index in [9.17, 15) is 18.1 Å². The first-order chi connectivity index (χ1) is 11.9. The van der Waals surface area contributed by atoms with Crippen LogP contribution in [0.15, 0.2) is 47.4 Å². The number of hydrogen-bond acceptors (Lipinski definition) is 4. The number of aromatic hydroxyl groups is 1. The molecular weight excluding hydrogens is 340 g/mol. The number of para-hydroxylation sites is 1. The van der Waals surface area contributed by atoms with Gasteiger partial charge in [0, 0.05) is 5.56 Å². The van der Waals surface area contributed by atoms with Crippen molar-refractivity contribution in [2.45, 2.75) is 50.3 Å². The normalized spacial score (nSPS) is 11.4. The standard InChI is InChI=1S/C19H24O5S/c1-2-3-4-5-9-12-16-17(20)13-14-18(25(21,22)23)19(16)24-15-10-7-6-8-11-15/h6-8,10-11,13-14,20H,2-5,9,12H2,1H3,(H,21,22,23). The zero-order valence-corrected chi connectivity index (χ0v) is 15.1. The number of phenols is 1. The summed E-state index contributed by atoms with van der Waals surface area (Å²) in [5, 5.41) is 10.2. The van der Waals surface area contributed by atoms with Gasteiger partial charge in [-0.25, -0.2) is 0 Å². The summed E-state index contributed by atoms with van der Waals surface area (Å²) in [5.74, 6) is 0.392. The molecular formula is C19H24O5S. The van der Waals surface area contributed by atoms with Gasteiger partial charge in [-0.1, -0.05) is 50.8 Å². The lowest BCUT2D eigenvalue weighted by Gasteiger charge is -2.16. The van der Waals surface area contributed by atoms with E-state index in [2.05, 4.69) is 6.92 Å². The molecule has 0 radical (unpaired) electrons. The quantitative estimate of drug-likeness (QED) is 0.486. The lowest BCUT2D eigenvalue weighted by Crippen LogP contribution is -2.04. The molecule has 0 amide bonds. The van der Waals surface area contributed by atoms with Crippen LogP contribution in [0.3, 0.4) is 0 Å². The third kappa shape index (κ3) is 5.47. The summed E-state index contributed by atoms with van der Waals surface area (Å²) in [6.45, 7) is 2.13. The van der Waals surface area contributed by atoms with Gasteiger partial charge in [-0.2, -0.15) is 8.42 Å². The van der Waals surface area contributed by atoms with Gasteiger partial charge >= 0.3 is 0 Å². The largest absolute Gasteiger partial charge is 0.508 e. The predicted molar refractivity (Wildman–Crippen MR) is 96.9 cm³/mol. The Kier molecular flexibility index (Phi) is 6.84. The minimum atomic E-state index is -4.47. The zero-order valence-electron chi connectivity index (χ0n) is 14.3. The van der Waals surface area contributed by atoms with Crippen molar-refractivity contribution in [1.29, 1.82) is 0 Å². The first-order valence-electron chi connectivity index (χ1n) is 8.48. The lowest BCUT2D eigenvalue weighted by atomic mass is 10.0. The Bertz CT molecular complexity index is 785. The molecule has 0 aliphatic heterocycles. The molecule has 0 saturated heterocycles. The van der Waals surface area contributed by atoms with E-state index in [4.69, 9.17) is 4.74 Å². The molecule has 0 spiro atoms. The van der Waals surface area contributed by atoms with Crippen molar-refractivity contribution in [3.63, 3.8) is 0 Å². The van der Waals surface area contributed by atoms with Crippen LogP contribution in [0.4, 0.5) is 0 Å². The number of benzene rings is 2. The van der Waals surface area contributed by atoms with Crippen LogP contribution in [0.2, 0.25) is 0 Å². The van der Waals surface area contributed by atoms with E-state index in [1.807, 2.05) is 6.07 Å². The molecule has 136 valence electrons. The second-order valence-electron chi connectivity index (χ2n) is 5.94. The highest BCUT2D eigenvalue weighted by molar-refractivity contribution is 7.86. The summed E-state index contributed by atoms with van der Waals surface area (Å²) in [4.78, 5) is -0.335. The van der Waals surface area contributed by atoms with Crippen LogP contribution in [0.25, 0.3) is 0 Å². The van der Waals surface area contributed by atoms with Gasteiger partial charge in [0.15, 0.2) is 5.75 Å². The van der Waals surface area contributed by atoms with E-state index in [0.29, 0.717) is 17.7 Å². The third-order valence-corrected chi connectivity index (χ3v) is 4.85. The molecule has 6 heteroatoms. The summed E-state index contributed by atoms with van der Waals surface area (Å²) >= 11 is 0. The second-order valence-corrected chi connectivity index (χ2v) is 7.33. The molecule has 2 rings (SSSR count). The molecule has 0 bridgehead atoms. The number of ether oxygens (including phenoxy) is 1. The van der Waals surface area contributed by atoms with Gasteiger partial charge in [-0.15, -0.1) is 0 Å². The molecule has 0 aromatic heterocycles. The summed E-state index contributed by atoms with van der Waals surface area (Å²) in [6.07, 6.45) is 5.61. The Hall–Kier alpha value is -2.05. The van der Waals surface area contributed by atoms with Crippen LogP contribution in [0.1, 0.15) is 44.6 Å². The highest BCUT2D eigenvalue weighted by atomic mass is 32.2. The van der Waals surface area contributed by atoms with Crippen molar-refractivity contribution >= 4 is 10.1 Å². The van der Waals surface area contributed by atoms with Gasteiger partial charge in [0.2, 0.25) is 0 Å². The van der Waals surface area contributed by atoms with Crippen LogP contribution in [-0.2, 0) is 16.5 Å². The molecule has 0 aliphatic carbocycles. The SMILES string of the molecule is CCCCCCCc1c(O)ccc(S(=O)(=O)O)c1Oc1ccccc1. The fourth-order valence-corrected chi connectivity index (χ4v) is 3.30. The molecule has 2 aromatic carbocycles. The highest BCUT2D eigenvalue weighted by Crippen LogP contribution is 2.38. The van der Waals surface area contributed by atoms with Crippen LogP contribution >= 0.6 is 0 Å². The Morgan fingerprint density at radius 1 is 0.960 bits per heavy atom. The maximum Gasteiger partial charge on any atom is 0.298 e. The first-order valence-corrected chi connectivity index (χ1v) is 9.92. The zero-order chi connectivity index (χ0) is 18.3. The Balaban J connectivity index is 2.35. The van der Waals surface area contributed by atoms with E-state index in [1.54, 1.807) is 24.3 Å². The first kappa shape index (κ1) is 19.3. The molecule has 0 heterocycles. The summed E-state index contributed by atoms with van der Waals surface area (Å²) in [7, 11) is -4.47. The highest BCUT2D eigenvalue weighted by Gasteiger charge is 2.23. The van der Waals surface area contributed by atoms with E-state index < -0.39 is 10.1 Å². The maximum absolute atomic E-state index is 11.7. The molecule has 0 saturated carbocycles. The summed E-state index contributed by atoms with van der Waals surface area (Å²) in [5.41, 5.74) is 0.399. The smallest absolute Gasteiger partial charge is 0.298 e. The van der Waals surface area contributed by atoms with Gasteiger partial charge in [-0.3, -0.25) is 4.55 Å². The van der Waals surface area contributed by atoms with Gasteiger partial charge in [0.1, 0.15) is 16.4 Å². The molecule has 0 aliphatic rings. The lowest BCUT2D eigenvalue weighted by molar-refractivity contribution is 0.425. The van der Waals surface area contributed by atoms with Crippen LogP contribution in [0.5, 0.6) is 17.2 Å². The van der Waals surface area contributed by atoms with Crippen molar-refractivity contribution < 1.29 is 22.8 Å². The average molecular weight is 364 g/mol. The Labute approximate surface area is 149 Å². The minimum Gasteiger partial charge on any atom is -0.508 e. The van der Waals surface area contributed by atoms with Crippen molar-refractivity contribution in [2.75, 3.05) is 0 Å². The number of phenolic OH excluding ortho intramolecular Hbond substituents is 1. The van der Waals surface area contributed by atoms with Crippen molar-refractivity contribution in [1.82, 2.24) is 0 Å². The summed E-state index contributed by atoms with van der Waals surface area (Å²) < 4.78 is 38.7. The van der Waals surface area contributed by atoms with Crippen molar-refractivity contribution in [3.8, 4) is 17.2 Å². The third-order valence-electron chi connectivity index (χ3n) is 3.97. The van der Waals surface area contributed by atoms with E-state index >= 15 is 0 Å². The van der Waals surface area contributed by atoms with Crippen molar-refractivity contribution in [2.24, 2.45) is 0 Å². The van der Waals surface area contributed by atoms with Gasteiger partial charge in [-0.05, 0) is 37.1 Å². The van der Waals surface area contributed by atoms with Crippen LogP contribution in [0, 0.1) is 0 Å². The van der Waals surface area contributed by atoms with E-state index in [1.165, 1.54) is 6.07 Å².